The minimum absolute atomic E-state index is 0.0140. The molecule has 2 aromatic heterocycles. The van der Waals surface area contributed by atoms with Gasteiger partial charge in [-0.05, 0) is 44.9 Å². The van der Waals surface area contributed by atoms with Gasteiger partial charge in [0.25, 0.3) is 0 Å². The van der Waals surface area contributed by atoms with E-state index in [0.717, 1.165) is 62.7 Å². The van der Waals surface area contributed by atoms with Crippen LogP contribution in [0, 0.1) is 0 Å². The normalized spacial score (nSPS) is 19.0. The molecule has 132 valence electrons. The summed E-state index contributed by atoms with van der Waals surface area (Å²) in [5.41, 5.74) is -0.0140. The molecule has 3 heterocycles. The molecular formula is C18H28N4O2. The van der Waals surface area contributed by atoms with Crippen molar-refractivity contribution in [2.24, 2.45) is 7.05 Å². The Balaban J connectivity index is 1.70. The number of furan rings is 1. The molecule has 24 heavy (non-hydrogen) atoms. The Morgan fingerprint density at radius 2 is 2.08 bits per heavy atom. The monoisotopic (exact) mass is 332 g/mol. The highest BCUT2D eigenvalue weighted by molar-refractivity contribution is 5.08. The molecule has 0 unspecified atom stereocenters. The van der Waals surface area contributed by atoms with E-state index in [9.17, 15) is 4.79 Å². The minimum atomic E-state index is -0.0140. The van der Waals surface area contributed by atoms with Gasteiger partial charge in [0.2, 0.25) is 0 Å². The lowest BCUT2D eigenvalue weighted by Crippen LogP contribution is -2.35. The van der Waals surface area contributed by atoms with Crippen molar-refractivity contribution in [2.45, 2.75) is 58.5 Å². The Hall–Kier alpha value is -1.82. The van der Waals surface area contributed by atoms with Gasteiger partial charge >= 0.3 is 5.69 Å². The Morgan fingerprint density at radius 3 is 2.83 bits per heavy atom. The summed E-state index contributed by atoms with van der Waals surface area (Å²) in [5.74, 6) is 3.36. The molecule has 0 bridgehead atoms. The van der Waals surface area contributed by atoms with Crippen LogP contribution < -0.4 is 5.69 Å². The van der Waals surface area contributed by atoms with Gasteiger partial charge in [0.1, 0.15) is 17.3 Å². The van der Waals surface area contributed by atoms with Gasteiger partial charge in [0.15, 0.2) is 0 Å². The summed E-state index contributed by atoms with van der Waals surface area (Å²) in [6.07, 6.45) is 4.32. The molecule has 1 atom stereocenters. The summed E-state index contributed by atoms with van der Waals surface area (Å²) in [5, 5.41) is 4.49. The quantitative estimate of drug-likeness (QED) is 0.816. The van der Waals surface area contributed by atoms with E-state index < -0.39 is 0 Å². The van der Waals surface area contributed by atoms with Crippen molar-refractivity contribution in [2.75, 3.05) is 13.1 Å². The average Bonchev–Trinajstić information content (AvgIpc) is 3.13. The van der Waals surface area contributed by atoms with Gasteiger partial charge in [-0.3, -0.25) is 9.47 Å². The van der Waals surface area contributed by atoms with E-state index >= 15 is 0 Å². The van der Waals surface area contributed by atoms with Gasteiger partial charge in [-0.1, -0.05) is 6.92 Å². The fourth-order valence-corrected chi connectivity index (χ4v) is 3.64. The van der Waals surface area contributed by atoms with E-state index in [4.69, 9.17) is 4.42 Å². The smallest absolute Gasteiger partial charge is 0.345 e. The first-order chi connectivity index (χ1) is 11.6. The summed E-state index contributed by atoms with van der Waals surface area (Å²) in [4.78, 5) is 14.6. The van der Waals surface area contributed by atoms with Crippen molar-refractivity contribution in [3.63, 3.8) is 0 Å². The van der Waals surface area contributed by atoms with Gasteiger partial charge in [-0.2, -0.15) is 5.10 Å². The maximum absolute atomic E-state index is 12.1. The Kier molecular flexibility index (Phi) is 5.23. The number of hydrogen-bond acceptors (Lipinski definition) is 4. The molecule has 0 aliphatic carbocycles. The molecule has 0 amide bonds. The summed E-state index contributed by atoms with van der Waals surface area (Å²) < 4.78 is 9.18. The van der Waals surface area contributed by atoms with Crippen LogP contribution >= 0.6 is 0 Å². The molecule has 6 nitrogen and oxygen atoms in total. The van der Waals surface area contributed by atoms with Crippen LogP contribution in [-0.4, -0.2) is 32.3 Å². The van der Waals surface area contributed by atoms with E-state index in [2.05, 4.69) is 29.1 Å². The molecule has 6 heteroatoms. The second kappa shape index (κ2) is 7.38. The lowest BCUT2D eigenvalue weighted by Gasteiger charge is -2.31. The zero-order chi connectivity index (χ0) is 17.1. The van der Waals surface area contributed by atoms with Crippen LogP contribution in [0.1, 0.15) is 56.4 Å². The molecule has 0 N–H and O–H groups in total. The third kappa shape index (κ3) is 3.48. The molecule has 0 aromatic carbocycles. The number of nitrogens with zero attached hydrogens (tertiary/aromatic N) is 4. The molecule has 2 aromatic rings. The van der Waals surface area contributed by atoms with Gasteiger partial charge in [-0.25, -0.2) is 9.48 Å². The van der Waals surface area contributed by atoms with Crippen LogP contribution in [-0.2, 0) is 26.6 Å². The standard InChI is InChI=1S/C18H28N4O2/c1-4-7-15-9-10-16(24-15)13-21-11-6-8-14(12-21)17-19-20(3)18(23)22(17)5-2/h9-10,14H,4-8,11-13H2,1-3H3/t14-/m0/s1. The first-order valence-corrected chi connectivity index (χ1v) is 9.06. The zero-order valence-electron chi connectivity index (χ0n) is 15.0. The molecule has 0 radical (unpaired) electrons. The average molecular weight is 332 g/mol. The molecule has 1 aliphatic heterocycles. The largest absolute Gasteiger partial charge is 0.465 e. The van der Waals surface area contributed by atoms with Crippen LogP contribution in [0.5, 0.6) is 0 Å². The number of rotatable bonds is 6. The summed E-state index contributed by atoms with van der Waals surface area (Å²) in [7, 11) is 1.73. The predicted molar refractivity (Wildman–Crippen MR) is 93.1 cm³/mol. The molecular weight excluding hydrogens is 304 g/mol. The number of likely N-dealkylation sites (tertiary alicyclic amines) is 1. The molecule has 1 saturated heterocycles. The topological polar surface area (TPSA) is 56.2 Å². The van der Waals surface area contributed by atoms with E-state index in [1.165, 1.54) is 4.68 Å². The van der Waals surface area contributed by atoms with Crippen molar-refractivity contribution in [3.05, 3.63) is 40.0 Å². The van der Waals surface area contributed by atoms with Gasteiger partial charge in [0, 0.05) is 32.5 Å². The molecule has 1 aliphatic rings. The third-order valence-corrected chi connectivity index (χ3v) is 4.82. The predicted octanol–water partition coefficient (Wildman–Crippen LogP) is 2.53. The second-order valence-electron chi connectivity index (χ2n) is 6.70. The minimum Gasteiger partial charge on any atom is -0.465 e. The van der Waals surface area contributed by atoms with Crippen molar-refractivity contribution in [1.82, 2.24) is 19.2 Å². The molecule has 3 rings (SSSR count). The third-order valence-electron chi connectivity index (χ3n) is 4.82. The van der Waals surface area contributed by atoms with E-state index in [1.54, 1.807) is 11.6 Å². The number of aromatic nitrogens is 3. The number of aryl methyl sites for hydroxylation is 2. The first-order valence-electron chi connectivity index (χ1n) is 9.06. The Bertz CT molecular complexity index is 728. The highest BCUT2D eigenvalue weighted by Crippen LogP contribution is 2.26. The van der Waals surface area contributed by atoms with Crippen molar-refractivity contribution < 1.29 is 4.42 Å². The highest BCUT2D eigenvalue weighted by atomic mass is 16.3. The van der Waals surface area contributed by atoms with Crippen molar-refractivity contribution in [1.29, 1.82) is 0 Å². The van der Waals surface area contributed by atoms with Crippen LogP contribution in [0.4, 0.5) is 0 Å². The summed E-state index contributed by atoms with van der Waals surface area (Å²) >= 11 is 0. The SMILES string of the molecule is CCCc1ccc(CN2CCC[C@H](c3nn(C)c(=O)n3CC)C2)o1. The fourth-order valence-electron chi connectivity index (χ4n) is 3.64. The maximum atomic E-state index is 12.1. The first kappa shape index (κ1) is 17.0. The lowest BCUT2D eigenvalue weighted by atomic mass is 9.97. The summed E-state index contributed by atoms with van der Waals surface area (Å²) in [6.45, 7) is 7.69. The maximum Gasteiger partial charge on any atom is 0.345 e. The summed E-state index contributed by atoms with van der Waals surface area (Å²) in [6, 6.07) is 4.19. The zero-order valence-corrected chi connectivity index (χ0v) is 15.0. The van der Waals surface area contributed by atoms with E-state index in [0.29, 0.717) is 12.5 Å². The van der Waals surface area contributed by atoms with Crippen LogP contribution in [0.25, 0.3) is 0 Å². The lowest BCUT2D eigenvalue weighted by molar-refractivity contribution is 0.180. The van der Waals surface area contributed by atoms with Crippen LogP contribution in [0.3, 0.4) is 0 Å². The van der Waals surface area contributed by atoms with Gasteiger partial charge in [-0.15, -0.1) is 0 Å². The van der Waals surface area contributed by atoms with Gasteiger partial charge < -0.3 is 4.42 Å². The fraction of sp³-hybridized carbons (Fsp3) is 0.667. The molecule has 0 saturated carbocycles. The van der Waals surface area contributed by atoms with Crippen molar-refractivity contribution >= 4 is 0 Å². The number of piperidine rings is 1. The highest BCUT2D eigenvalue weighted by Gasteiger charge is 2.27. The molecule has 1 fully saturated rings. The second-order valence-corrected chi connectivity index (χ2v) is 6.70. The van der Waals surface area contributed by atoms with Crippen LogP contribution in [0.15, 0.2) is 21.3 Å². The van der Waals surface area contributed by atoms with Crippen LogP contribution in [0.2, 0.25) is 0 Å². The van der Waals surface area contributed by atoms with Crippen molar-refractivity contribution in [3.8, 4) is 0 Å². The Labute approximate surface area is 143 Å². The molecule has 0 spiro atoms. The van der Waals surface area contributed by atoms with E-state index in [1.807, 2.05) is 6.92 Å². The Morgan fingerprint density at radius 1 is 1.29 bits per heavy atom. The number of hydrogen-bond donors (Lipinski definition) is 0. The van der Waals surface area contributed by atoms with Gasteiger partial charge in [0.05, 0.1) is 6.54 Å². The van der Waals surface area contributed by atoms with E-state index in [-0.39, 0.29) is 5.69 Å².